The second-order valence-corrected chi connectivity index (χ2v) is 7.26. The molecule has 1 amide bonds. The first-order valence-corrected chi connectivity index (χ1v) is 9.22. The largest absolute Gasteiger partial charge is 0.350 e. The Morgan fingerprint density at radius 1 is 1.08 bits per heavy atom. The first kappa shape index (κ1) is 19.8. The van der Waals surface area contributed by atoms with Gasteiger partial charge in [0.25, 0.3) is 15.9 Å². The SMILES string of the molecule is CC[C@@H](C)NC(=O)c1ccccc1NS(=O)(=O)c1ccc(F)c(F)c1F. The molecule has 26 heavy (non-hydrogen) atoms. The number of hydrogen-bond donors (Lipinski definition) is 2. The third kappa shape index (κ3) is 4.16. The van der Waals surface area contributed by atoms with Gasteiger partial charge in [-0.3, -0.25) is 9.52 Å². The van der Waals surface area contributed by atoms with E-state index in [-0.39, 0.29) is 17.3 Å². The lowest BCUT2D eigenvalue weighted by Crippen LogP contribution is -2.32. The average Bonchev–Trinajstić information content (AvgIpc) is 2.59. The van der Waals surface area contributed by atoms with Crippen LogP contribution in [-0.4, -0.2) is 20.4 Å². The molecule has 0 fully saturated rings. The fraction of sp³-hybridized carbons (Fsp3) is 0.235. The van der Waals surface area contributed by atoms with E-state index in [9.17, 15) is 26.4 Å². The Kier molecular flexibility index (Phi) is 5.91. The summed E-state index contributed by atoms with van der Waals surface area (Å²) in [5.41, 5.74) is -0.100. The predicted octanol–water partition coefficient (Wildman–Crippen LogP) is 3.43. The van der Waals surface area contributed by atoms with E-state index in [1.165, 1.54) is 24.3 Å². The number of nitrogens with one attached hydrogen (secondary N) is 2. The van der Waals surface area contributed by atoms with Crippen LogP contribution in [0.5, 0.6) is 0 Å². The van der Waals surface area contributed by atoms with Gasteiger partial charge in [0.1, 0.15) is 4.90 Å². The molecule has 0 spiro atoms. The summed E-state index contributed by atoms with van der Waals surface area (Å²) >= 11 is 0. The van der Waals surface area contributed by atoms with Crippen molar-refractivity contribution in [2.45, 2.75) is 31.2 Å². The molecule has 0 aliphatic heterocycles. The minimum absolute atomic E-state index is 0.0133. The number of carbonyl (C=O) groups excluding carboxylic acids is 1. The fourth-order valence-electron chi connectivity index (χ4n) is 2.09. The van der Waals surface area contributed by atoms with Crippen LogP contribution in [0, 0.1) is 17.5 Å². The second-order valence-electron chi connectivity index (χ2n) is 5.61. The summed E-state index contributed by atoms with van der Waals surface area (Å²) < 4.78 is 67.0. The summed E-state index contributed by atoms with van der Waals surface area (Å²) in [6.07, 6.45) is 0.666. The highest BCUT2D eigenvalue weighted by Gasteiger charge is 2.25. The summed E-state index contributed by atoms with van der Waals surface area (Å²) in [6.45, 7) is 3.65. The van der Waals surface area contributed by atoms with Gasteiger partial charge in [-0.2, -0.15) is 0 Å². The van der Waals surface area contributed by atoms with E-state index in [1.54, 1.807) is 6.92 Å². The third-order valence-corrected chi connectivity index (χ3v) is 5.08. The molecule has 0 saturated carbocycles. The number of rotatable bonds is 6. The smallest absolute Gasteiger partial charge is 0.264 e. The topological polar surface area (TPSA) is 75.3 Å². The van der Waals surface area contributed by atoms with Crippen molar-refractivity contribution in [1.29, 1.82) is 0 Å². The third-order valence-electron chi connectivity index (χ3n) is 3.70. The van der Waals surface area contributed by atoms with E-state index < -0.39 is 38.3 Å². The minimum Gasteiger partial charge on any atom is -0.350 e. The monoisotopic (exact) mass is 386 g/mol. The van der Waals surface area contributed by atoms with E-state index in [4.69, 9.17) is 0 Å². The molecule has 9 heteroatoms. The summed E-state index contributed by atoms with van der Waals surface area (Å²) in [5, 5.41) is 2.68. The first-order valence-electron chi connectivity index (χ1n) is 7.73. The van der Waals surface area contributed by atoms with Gasteiger partial charge in [0.2, 0.25) is 0 Å². The van der Waals surface area contributed by atoms with Gasteiger partial charge in [-0.1, -0.05) is 19.1 Å². The van der Waals surface area contributed by atoms with Crippen molar-refractivity contribution in [3.63, 3.8) is 0 Å². The predicted molar refractivity (Wildman–Crippen MR) is 90.8 cm³/mol. The molecule has 1 atom stereocenters. The van der Waals surface area contributed by atoms with Crippen LogP contribution in [0.15, 0.2) is 41.3 Å². The molecule has 2 rings (SSSR count). The van der Waals surface area contributed by atoms with Gasteiger partial charge in [0, 0.05) is 6.04 Å². The molecule has 0 aliphatic carbocycles. The van der Waals surface area contributed by atoms with Crippen molar-refractivity contribution in [3.8, 4) is 0 Å². The van der Waals surface area contributed by atoms with Crippen LogP contribution in [0.25, 0.3) is 0 Å². The van der Waals surface area contributed by atoms with Crippen molar-refractivity contribution < 1.29 is 26.4 Å². The van der Waals surface area contributed by atoms with Gasteiger partial charge < -0.3 is 5.32 Å². The van der Waals surface area contributed by atoms with Gasteiger partial charge in [0.15, 0.2) is 17.5 Å². The highest BCUT2D eigenvalue weighted by molar-refractivity contribution is 7.92. The lowest BCUT2D eigenvalue weighted by atomic mass is 10.1. The molecular weight excluding hydrogens is 369 g/mol. The van der Waals surface area contributed by atoms with E-state index in [1.807, 2.05) is 11.6 Å². The highest BCUT2D eigenvalue weighted by Crippen LogP contribution is 2.24. The number of benzene rings is 2. The summed E-state index contributed by atoms with van der Waals surface area (Å²) in [4.78, 5) is 11.2. The molecule has 0 bridgehead atoms. The Morgan fingerprint density at radius 2 is 1.73 bits per heavy atom. The molecule has 140 valence electrons. The van der Waals surface area contributed by atoms with Gasteiger partial charge >= 0.3 is 0 Å². The molecule has 2 N–H and O–H groups in total. The van der Waals surface area contributed by atoms with E-state index in [0.717, 1.165) is 0 Å². The molecule has 0 unspecified atom stereocenters. The summed E-state index contributed by atoms with van der Waals surface area (Å²) in [5.74, 6) is -5.76. The normalized spacial score (nSPS) is 12.5. The van der Waals surface area contributed by atoms with Crippen LogP contribution in [0.4, 0.5) is 18.9 Å². The van der Waals surface area contributed by atoms with E-state index >= 15 is 0 Å². The Morgan fingerprint density at radius 3 is 2.38 bits per heavy atom. The zero-order valence-electron chi connectivity index (χ0n) is 14.0. The molecule has 0 aliphatic rings. The van der Waals surface area contributed by atoms with Crippen LogP contribution in [0.1, 0.15) is 30.6 Å². The molecule has 2 aromatic carbocycles. The number of carbonyl (C=O) groups is 1. The number of para-hydroxylation sites is 1. The van der Waals surface area contributed by atoms with Gasteiger partial charge in [-0.25, -0.2) is 21.6 Å². The average molecular weight is 386 g/mol. The van der Waals surface area contributed by atoms with E-state index in [0.29, 0.717) is 18.6 Å². The fourth-order valence-corrected chi connectivity index (χ4v) is 3.24. The number of halogens is 3. The van der Waals surface area contributed by atoms with Crippen LogP contribution in [0.3, 0.4) is 0 Å². The molecule has 2 aromatic rings. The first-order chi connectivity index (χ1) is 12.2. The maximum atomic E-state index is 13.8. The number of amides is 1. The number of hydrogen-bond acceptors (Lipinski definition) is 3. The number of sulfonamides is 1. The maximum absolute atomic E-state index is 13.8. The van der Waals surface area contributed by atoms with Crippen molar-refractivity contribution in [2.24, 2.45) is 0 Å². The molecule has 5 nitrogen and oxygen atoms in total. The lowest BCUT2D eigenvalue weighted by molar-refractivity contribution is 0.0940. The maximum Gasteiger partial charge on any atom is 0.264 e. The Bertz CT molecular complexity index is 933. The van der Waals surface area contributed by atoms with Crippen molar-refractivity contribution in [2.75, 3.05) is 4.72 Å². The molecule has 0 heterocycles. The van der Waals surface area contributed by atoms with Crippen LogP contribution < -0.4 is 10.0 Å². The minimum atomic E-state index is -4.58. The summed E-state index contributed by atoms with van der Waals surface area (Å²) in [7, 11) is -4.58. The van der Waals surface area contributed by atoms with Crippen LogP contribution in [0.2, 0.25) is 0 Å². The molecule has 0 aromatic heterocycles. The Balaban J connectivity index is 2.40. The highest BCUT2D eigenvalue weighted by atomic mass is 32.2. The van der Waals surface area contributed by atoms with Crippen LogP contribution in [-0.2, 0) is 10.0 Å². The van der Waals surface area contributed by atoms with Crippen molar-refractivity contribution in [1.82, 2.24) is 5.32 Å². The quantitative estimate of drug-likeness (QED) is 0.747. The molecule has 0 saturated heterocycles. The van der Waals surface area contributed by atoms with Gasteiger partial charge in [0.05, 0.1) is 11.3 Å². The van der Waals surface area contributed by atoms with Gasteiger partial charge in [-0.05, 0) is 37.6 Å². The Labute approximate surface area is 149 Å². The van der Waals surface area contributed by atoms with E-state index in [2.05, 4.69) is 5.32 Å². The standard InChI is InChI=1S/C17H17F3N2O3S/c1-3-10(2)21-17(23)11-6-4-5-7-13(11)22-26(24,25)14-9-8-12(18)15(19)16(14)20/h4-10,22H,3H2,1-2H3,(H,21,23)/t10-/m1/s1. The van der Waals surface area contributed by atoms with Gasteiger partial charge in [-0.15, -0.1) is 0 Å². The Hall–Kier alpha value is -2.55. The summed E-state index contributed by atoms with van der Waals surface area (Å²) in [6, 6.07) is 6.67. The number of anilines is 1. The van der Waals surface area contributed by atoms with Crippen LogP contribution >= 0.6 is 0 Å². The zero-order valence-corrected chi connectivity index (χ0v) is 14.8. The lowest BCUT2D eigenvalue weighted by Gasteiger charge is -2.15. The second kappa shape index (κ2) is 7.77. The molecule has 0 radical (unpaired) electrons. The zero-order chi connectivity index (χ0) is 19.5. The van der Waals surface area contributed by atoms with Crippen molar-refractivity contribution in [3.05, 3.63) is 59.4 Å². The molecular formula is C17H17F3N2O3S. The van der Waals surface area contributed by atoms with Crippen molar-refractivity contribution >= 4 is 21.6 Å².